The van der Waals surface area contributed by atoms with Crippen LogP contribution in [0.3, 0.4) is 0 Å². The van der Waals surface area contributed by atoms with Gasteiger partial charge in [0, 0.05) is 12.6 Å². The number of carbonyl (C=O) groups is 1. The van der Waals surface area contributed by atoms with Gasteiger partial charge in [0.1, 0.15) is 0 Å². The first-order chi connectivity index (χ1) is 8.81. The van der Waals surface area contributed by atoms with Crippen molar-refractivity contribution in [1.82, 2.24) is 10.6 Å². The number of amides is 1. The van der Waals surface area contributed by atoms with Crippen LogP contribution in [0.1, 0.15) is 36.3 Å². The van der Waals surface area contributed by atoms with Crippen molar-refractivity contribution in [2.45, 2.75) is 37.6 Å². The Kier molecular flexibility index (Phi) is 3.33. The van der Waals surface area contributed by atoms with E-state index in [2.05, 4.69) is 34.9 Å². The summed E-state index contributed by atoms with van der Waals surface area (Å²) in [6, 6.07) is 8.87. The molecule has 2 aliphatic rings. The zero-order valence-corrected chi connectivity index (χ0v) is 10.6. The average molecular weight is 244 g/mol. The standard InChI is InChI=1S/C15H20N2O/c18-15(17-14-7-8-16-10-14)9-11-1-3-12(4-2-11)13-5-6-13/h1-4,13-14,16H,5-10H2,(H,17,18). The molecule has 3 heteroatoms. The maximum atomic E-state index is 11.9. The predicted molar refractivity (Wildman–Crippen MR) is 71.5 cm³/mol. The Bertz CT molecular complexity index is 417. The molecule has 0 spiro atoms. The Labute approximate surface area is 108 Å². The second-order valence-corrected chi connectivity index (χ2v) is 5.45. The lowest BCUT2D eigenvalue weighted by Gasteiger charge is -2.11. The van der Waals surface area contributed by atoms with Gasteiger partial charge in [0.15, 0.2) is 0 Å². The van der Waals surface area contributed by atoms with E-state index in [0.29, 0.717) is 12.5 Å². The predicted octanol–water partition coefficient (Wildman–Crippen LogP) is 1.58. The highest BCUT2D eigenvalue weighted by molar-refractivity contribution is 5.78. The summed E-state index contributed by atoms with van der Waals surface area (Å²) in [6.45, 7) is 1.92. The third-order valence-electron chi connectivity index (χ3n) is 3.82. The zero-order chi connectivity index (χ0) is 12.4. The fraction of sp³-hybridized carbons (Fsp3) is 0.533. The van der Waals surface area contributed by atoms with E-state index in [-0.39, 0.29) is 5.91 Å². The summed E-state index contributed by atoms with van der Waals surface area (Å²) in [4.78, 5) is 11.9. The van der Waals surface area contributed by atoms with E-state index in [1.54, 1.807) is 0 Å². The van der Waals surface area contributed by atoms with E-state index in [9.17, 15) is 4.79 Å². The first kappa shape index (κ1) is 11.7. The zero-order valence-electron chi connectivity index (χ0n) is 10.6. The quantitative estimate of drug-likeness (QED) is 0.844. The molecule has 3 rings (SSSR count). The van der Waals surface area contributed by atoms with Crippen LogP contribution in [-0.4, -0.2) is 25.0 Å². The summed E-state index contributed by atoms with van der Waals surface area (Å²) in [5, 5.41) is 6.33. The summed E-state index contributed by atoms with van der Waals surface area (Å²) in [6.07, 6.45) is 4.21. The minimum Gasteiger partial charge on any atom is -0.352 e. The fourth-order valence-electron chi connectivity index (χ4n) is 2.57. The van der Waals surface area contributed by atoms with Crippen LogP contribution in [0.2, 0.25) is 0 Å². The summed E-state index contributed by atoms with van der Waals surface area (Å²) >= 11 is 0. The van der Waals surface area contributed by atoms with Crippen LogP contribution in [-0.2, 0) is 11.2 Å². The Morgan fingerprint density at radius 2 is 2.00 bits per heavy atom. The van der Waals surface area contributed by atoms with Gasteiger partial charge in [-0.15, -0.1) is 0 Å². The molecule has 0 radical (unpaired) electrons. The number of nitrogens with one attached hydrogen (secondary N) is 2. The lowest BCUT2D eigenvalue weighted by Crippen LogP contribution is -2.37. The van der Waals surface area contributed by atoms with Gasteiger partial charge in [-0.25, -0.2) is 0 Å². The molecule has 0 bridgehead atoms. The number of hydrogen-bond donors (Lipinski definition) is 2. The van der Waals surface area contributed by atoms with Crippen LogP contribution in [0.4, 0.5) is 0 Å². The molecule has 0 aromatic heterocycles. The molecule has 3 nitrogen and oxygen atoms in total. The first-order valence-corrected chi connectivity index (χ1v) is 6.90. The van der Waals surface area contributed by atoms with Crippen molar-refractivity contribution in [3.05, 3.63) is 35.4 Å². The lowest BCUT2D eigenvalue weighted by molar-refractivity contribution is -0.121. The molecule has 1 saturated heterocycles. The summed E-state index contributed by atoms with van der Waals surface area (Å²) in [5.41, 5.74) is 2.54. The van der Waals surface area contributed by atoms with Gasteiger partial charge in [0.05, 0.1) is 6.42 Å². The molecule has 1 aromatic carbocycles. The topological polar surface area (TPSA) is 41.1 Å². The molecule has 1 aromatic rings. The van der Waals surface area contributed by atoms with Crippen molar-refractivity contribution in [1.29, 1.82) is 0 Å². The molecule has 1 aliphatic carbocycles. The van der Waals surface area contributed by atoms with Gasteiger partial charge < -0.3 is 10.6 Å². The van der Waals surface area contributed by atoms with E-state index >= 15 is 0 Å². The molecule has 1 unspecified atom stereocenters. The molecule has 1 saturated carbocycles. The van der Waals surface area contributed by atoms with E-state index < -0.39 is 0 Å². The third kappa shape index (κ3) is 2.91. The number of hydrogen-bond acceptors (Lipinski definition) is 2. The van der Waals surface area contributed by atoms with Crippen LogP contribution in [0, 0.1) is 0 Å². The van der Waals surface area contributed by atoms with Gasteiger partial charge in [0.25, 0.3) is 0 Å². The van der Waals surface area contributed by atoms with Crippen molar-refractivity contribution in [3.8, 4) is 0 Å². The van der Waals surface area contributed by atoms with Gasteiger partial charge in [-0.05, 0) is 42.9 Å². The summed E-state index contributed by atoms with van der Waals surface area (Å²) in [5.74, 6) is 0.931. The number of benzene rings is 1. The minimum atomic E-state index is 0.142. The number of rotatable bonds is 4. The molecule has 2 N–H and O–H groups in total. The molecule has 2 fully saturated rings. The van der Waals surface area contributed by atoms with Gasteiger partial charge in [-0.3, -0.25) is 4.79 Å². The molecule has 18 heavy (non-hydrogen) atoms. The average Bonchev–Trinajstić information content (AvgIpc) is 3.09. The maximum Gasteiger partial charge on any atom is 0.224 e. The van der Waals surface area contributed by atoms with Crippen LogP contribution in [0.25, 0.3) is 0 Å². The highest BCUT2D eigenvalue weighted by atomic mass is 16.1. The maximum absolute atomic E-state index is 11.9. The van der Waals surface area contributed by atoms with Gasteiger partial charge in [-0.1, -0.05) is 24.3 Å². The molecule has 1 amide bonds. The lowest BCUT2D eigenvalue weighted by atomic mass is 10.1. The molecule has 1 aliphatic heterocycles. The van der Waals surface area contributed by atoms with Crippen molar-refractivity contribution < 1.29 is 4.79 Å². The fourth-order valence-corrected chi connectivity index (χ4v) is 2.57. The van der Waals surface area contributed by atoms with E-state index in [1.165, 1.54) is 18.4 Å². The highest BCUT2D eigenvalue weighted by Crippen LogP contribution is 2.39. The Balaban J connectivity index is 1.52. The van der Waals surface area contributed by atoms with Crippen LogP contribution in [0.5, 0.6) is 0 Å². The largest absolute Gasteiger partial charge is 0.352 e. The normalized spacial score (nSPS) is 23.0. The first-order valence-electron chi connectivity index (χ1n) is 6.90. The Morgan fingerprint density at radius 1 is 1.22 bits per heavy atom. The highest BCUT2D eigenvalue weighted by Gasteiger charge is 2.23. The van der Waals surface area contributed by atoms with Crippen LogP contribution >= 0.6 is 0 Å². The van der Waals surface area contributed by atoms with E-state index in [4.69, 9.17) is 0 Å². The smallest absolute Gasteiger partial charge is 0.224 e. The molecule has 96 valence electrons. The van der Waals surface area contributed by atoms with E-state index in [1.807, 2.05) is 0 Å². The second kappa shape index (κ2) is 5.11. The monoisotopic (exact) mass is 244 g/mol. The summed E-state index contributed by atoms with van der Waals surface area (Å²) in [7, 11) is 0. The Hall–Kier alpha value is -1.35. The summed E-state index contributed by atoms with van der Waals surface area (Å²) < 4.78 is 0. The Morgan fingerprint density at radius 3 is 2.61 bits per heavy atom. The van der Waals surface area contributed by atoms with Gasteiger partial charge in [-0.2, -0.15) is 0 Å². The van der Waals surface area contributed by atoms with E-state index in [0.717, 1.165) is 31.0 Å². The molecule has 1 heterocycles. The second-order valence-electron chi connectivity index (χ2n) is 5.45. The van der Waals surface area contributed by atoms with Gasteiger partial charge in [0.2, 0.25) is 5.91 Å². The molecule has 1 atom stereocenters. The molecular weight excluding hydrogens is 224 g/mol. The third-order valence-corrected chi connectivity index (χ3v) is 3.82. The minimum absolute atomic E-state index is 0.142. The van der Waals surface area contributed by atoms with Crippen molar-refractivity contribution >= 4 is 5.91 Å². The van der Waals surface area contributed by atoms with Crippen molar-refractivity contribution in [2.75, 3.05) is 13.1 Å². The van der Waals surface area contributed by atoms with Crippen molar-refractivity contribution in [2.24, 2.45) is 0 Å². The van der Waals surface area contributed by atoms with Crippen LogP contribution < -0.4 is 10.6 Å². The molecular formula is C15H20N2O. The van der Waals surface area contributed by atoms with Crippen LogP contribution in [0.15, 0.2) is 24.3 Å². The number of carbonyl (C=O) groups excluding carboxylic acids is 1. The SMILES string of the molecule is O=C(Cc1ccc(C2CC2)cc1)NC1CCNC1. The van der Waals surface area contributed by atoms with Crippen molar-refractivity contribution in [3.63, 3.8) is 0 Å². The van der Waals surface area contributed by atoms with Gasteiger partial charge >= 0.3 is 0 Å².